The van der Waals surface area contributed by atoms with Crippen LogP contribution < -0.4 is 10.1 Å². The van der Waals surface area contributed by atoms with E-state index in [0.717, 1.165) is 16.9 Å². The van der Waals surface area contributed by atoms with Crippen LogP contribution in [0.2, 0.25) is 5.02 Å². The van der Waals surface area contributed by atoms with Crippen molar-refractivity contribution in [2.24, 2.45) is 0 Å². The third-order valence-corrected chi connectivity index (χ3v) is 4.69. The average Bonchev–Trinajstić information content (AvgIpc) is 3.12. The van der Waals surface area contributed by atoms with E-state index in [1.165, 1.54) is 0 Å². The number of ether oxygens (including phenoxy) is 1. The smallest absolute Gasteiger partial charge is 0.332 e. The molecule has 0 radical (unpaired) electrons. The van der Waals surface area contributed by atoms with Crippen LogP contribution in [0.15, 0.2) is 53.6 Å². The molecule has 6 heteroatoms. The minimum atomic E-state index is -1.03. The first-order valence-electron chi connectivity index (χ1n) is 8.20. The fourth-order valence-electron chi connectivity index (χ4n) is 3.03. The molecule has 0 saturated carbocycles. The molecule has 2 N–H and O–H groups in total. The molecule has 2 aromatic rings. The number of rotatable bonds is 5. The van der Waals surface area contributed by atoms with Gasteiger partial charge in [0.15, 0.2) is 0 Å². The zero-order valence-corrected chi connectivity index (χ0v) is 15.0. The Hall–Kier alpha value is -2.79. The number of halogens is 1. The van der Waals surface area contributed by atoms with Crippen LogP contribution in [0.25, 0.3) is 11.1 Å². The van der Waals surface area contributed by atoms with E-state index in [4.69, 9.17) is 16.3 Å². The van der Waals surface area contributed by atoms with Gasteiger partial charge in [0.25, 0.3) is 5.91 Å². The SMILES string of the molecule is COc1ccc(-c2ccc(NC(=O)C3=C(C(=O)O)CCC3)cc2Cl)cc1. The molecule has 1 aliphatic carbocycles. The van der Waals surface area contributed by atoms with Crippen molar-refractivity contribution in [1.29, 1.82) is 0 Å². The lowest BCUT2D eigenvalue weighted by atomic mass is 10.0. The third-order valence-electron chi connectivity index (χ3n) is 4.38. The molecule has 0 atom stereocenters. The van der Waals surface area contributed by atoms with Gasteiger partial charge in [-0.05, 0) is 49.1 Å². The first-order valence-corrected chi connectivity index (χ1v) is 8.58. The van der Waals surface area contributed by atoms with Gasteiger partial charge in [-0.2, -0.15) is 0 Å². The predicted molar refractivity (Wildman–Crippen MR) is 101 cm³/mol. The average molecular weight is 372 g/mol. The lowest BCUT2D eigenvalue weighted by Crippen LogP contribution is -2.16. The zero-order valence-electron chi connectivity index (χ0n) is 14.2. The van der Waals surface area contributed by atoms with Crippen molar-refractivity contribution in [2.45, 2.75) is 19.3 Å². The van der Waals surface area contributed by atoms with Crippen molar-refractivity contribution in [3.63, 3.8) is 0 Å². The van der Waals surface area contributed by atoms with E-state index in [1.54, 1.807) is 19.2 Å². The molecule has 0 aromatic heterocycles. The summed E-state index contributed by atoms with van der Waals surface area (Å²) in [5.41, 5.74) is 2.83. The Balaban J connectivity index is 1.80. The van der Waals surface area contributed by atoms with Crippen LogP contribution in [0.3, 0.4) is 0 Å². The molecule has 1 amide bonds. The highest BCUT2D eigenvalue weighted by atomic mass is 35.5. The maximum absolute atomic E-state index is 12.4. The van der Waals surface area contributed by atoms with E-state index in [-0.39, 0.29) is 11.5 Å². The van der Waals surface area contributed by atoms with Crippen molar-refractivity contribution in [3.05, 3.63) is 58.6 Å². The molecule has 0 heterocycles. The minimum absolute atomic E-state index is 0.198. The van der Waals surface area contributed by atoms with E-state index < -0.39 is 5.97 Å². The van der Waals surface area contributed by atoms with E-state index in [1.807, 2.05) is 30.3 Å². The second kappa shape index (κ2) is 7.62. The lowest BCUT2D eigenvalue weighted by Gasteiger charge is -2.10. The summed E-state index contributed by atoms with van der Waals surface area (Å²) in [6.45, 7) is 0. The van der Waals surface area contributed by atoms with Gasteiger partial charge in [0.1, 0.15) is 5.75 Å². The molecule has 0 aliphatic heterocycles. The Morgan fingerprint density at radius 1 is 1.08 bits per heavy atom. The molecule has 0 unspecified atom stereocenters. The quantitative estimate of drug-likeness (QED) is 0.810. The fraction of sp³-hybridized carbons (Fsp3) is 0.200. The summed E-state index contributed by atoms with van der Waals surface area (Å²) in [5, 5.41) is 12.4. The number of benzene rings is 2. The highest BCUT2D eigenvalue weighted by Gasteiger charge is 2.25. The molecule has 0 saturated heterocycles. The zero-order chi connectivity index (χ0) is 18.7. The molecule has 3 rings (SSSR count). The number of carbonyl (C=O) groups is 2. The Morgan fingerprint density at radius 2 is 1.77 bits per heavy atom. The fourth-order valence-corrected chi connectivity index (χ4v) is 3.32. The summed E-state index contributed by atoms with van der Waals surface area (Å²) >= 11 is 6.37. The Labute approximate surface area is 156 Å². The molecule has 0 bridgehead atoms. The summed E-state index contributed by atoms with van der Waals surface area (Å²) in [4.78, 5) is 23.6. The van der Waals surface area contributed by atoms with Gasteiger partial charge in [0.05, 0.1) is 12.1 Å². The molecule has 2 aromatic carbocycles. The maximum atomic E-state index is 12.4. The maximum Gasteiger partial charge on any atom is 0.332 e. The van der Waals surface area contributed by atoms with Crippen molar-refractivity contribution in [3.8, 4) is 16.9 Å². The van der Waals surface area contributed by atoms with Crippen LogP contribution >= 0.6 is 11.6 Å². The molecule has 1 aliphatic rings. The first-order chi connectivity index (χ1) is 12.5. The lowest BCUT2D eigenvalue weighted by molar-refractivity contribution is -0.133. The summed E-state index contributed by atoms with van der Waals surface area (Å²) in [7, 11) is 1.61. The Morgan fingerprint density at radius 3 is 2.38 bits per heavy atom. The van der Waals surface area contributed by atoms with Crippen LogP contribution in [0, 0.1) is 0 Å². The van der Waals surface area contributed by atoms with Gasteiger partial charge >= 0.3 is 5.97 Å². The first kappa shape index (κ1) is 18.0. The largest absolute Gasteiger partial charge is 0.497 e. The molecular formula is C20H18ClNO4. The van der Waals surface area contributed by atoms with Crippen LogP contribution in [-0.2, 0) is 9.59 Å². The molecule has 0 fully saturated rings. The Kier molecular flexibility index (Phi) is 5.28. The number of carbonyl (C=O) groups excluding carboxylic acids is 1. The summed E-state index contributed by atoms with van der Waals surface area (Å²) in [6.07, 6.45) is 1.59. The van der Waals surface area contributed by atoms with Crippen LogP contribution in [-0.4, -0.2) is 24.1 Å². The summed E-state index contributed by atoms with van der Waals surface area (Å²) < 4.78 is 5.15. The molecule has 0 spiro atoms. The van der Waals surface area contributed by atoms with Crippen molar-refractivity contribution in [1.82, 2.24) is 0 Å². The van der Waals surface area contributed by atoms with Gasteiger partial charge in [-0.3, -0.25) is 4.79 Å². The second-order valence-electron chi connectivity index (χ2n) is 5.99. The van der Waals surface area contributed by atoms with Gasteiger partial charge in [-0.15, -0.1) is 0 Å². The number of hydrogen-bond acceptors (Lipinski definition) is 3. The number of aliphatic carboxylic acids is 1. The number of methoxy groups -OCH3 is 1. The van der Waals surface area contributed by atoms with E-state index in [2.05, 4.69) is 5.32 Å². The number of amides is 1. The van der Waals surface area contributed by atoms with Gasteiger partial charge in [0, 0.05) is 22.4 Å². The normalized spacial score (nSPS) is 13.6. The molecular weight excluding hydrogens is 354 g/mol. The van der Waals surface area contributed by atoms with Crippen LogP contribution in [0.4, 0.5) is 5.69 Å². The highest BCUT2D eigenvalue weighted by molar-refractivity contribution is 6.33. The Bertz CT molecular complexity index is 887. The van der Waals surface area contributed by atoms with Crippen molar-refractivity contribution >= 4 is 29.2 Å². The van der Waals surface area contributed by atoms with Gasteiger partial charge in [-0.1, -0.05) is 29.8 Å². The van der Waals surface area contributed by atoms with Gasteiger partial charge < -0.3 is 15.2 Å². The van der Waals surface area contributed by atoms with Crippen molar-refractivity contribution < 1.29 is 19.4 Å². The number of nitrogens with one attached hydrogen (secondary N) is 1. The molecule has 26 heavy (non-hydrogen) atoms. The standard InChI is InChI=1S/C20H18ClNO4/c1-26-14-8-5-12(6-9-14)15-10-7-13(11-18(15)21)22-19(23)16-3-2-4-17(16)20(24)25/h5-11H,2-4H2,1H3,(H,22,23)(H,24,25). The number of hydrogen-bond donors (Lipinski definition) is 2. The van der Waals surface area contributed by atoms with Crippen LogP contribution in [0.1, 0.15) is 19.3 Å². The van der Waals surface area contributed by atoms with E-state index in [9.17, 15) is 14.7 Å². The second-order valence-corrected chi connectivity index (χ2v) is 6.40. The monoisotopic (exact) mass is 371 g/mol. The van der Waals surface area contributed by atoms with Gasteiger partial charge in [-0.25, -0.2) is 4.79 Å². The number of carboxylic acids is 1. The summed E-state index contributed by atoms with van der Waals surface area (Å²) in [5.74, 6) is -0.651. The summed E-state index contributed by atoms with van der Waals surface area (Å²) in [6, 6.07) is 12.7. The van der Waals surface area contributed by atoms with Gasteiger partial charge in [0.2, 0.25) is 0 Å². The van der Waals surface area contributed by atoms with E-state index in [0.29, 0.717) is 35.5 Å². The number of carboxylic acid groups (broad SMARTS) is 1. The van der Waals surface area contributed by atoms with Crippen molar-refractivity contribution in [2.75, 3.05) is 12.4 Å². The van der Waals surface area contributed by atoms with Crippen LogP contribution in [0.5, 0.6) is 5.75 Å². The number of anilines is 1. The predicted octanol–water partition coefficient (Wildman–Crippen LogP) is 4.52. The topological polar surface area (TPSA) is 75.6 Å². The minimum Gasteiger partial charge on any atom is -0.497 e. The van der Waals surface area contributed by atoms with E-state index >= 15 is 0 Å². The molecule has 134 valence electrons. The third kappa shape index (κ3) is 3.73. The molecule has 5 nitrogen and oxygen atoms in total. The highest BCUT2D eigenvalue weighted by Crippen LogP contribution is 2.32.